The Kier molecular flexibility index (Phi) is 11.9. The topological polar surface area (TPSA) is 173 Å². The predicted octanol–water partition coefficient (Wildman–Crippen LogP) is 1.05. The van der Waals surface area contributed by atoms with Gasteiger partial charge in [-0.15, -0.1) is 0 Å². The molecule has 0 spiro atoms. The molecule has 2 rings (SSSR count). The number of amides is 2. The smallest absolute Gasteiger partial charge is 0.480 e. The first-order valence-electron chi connectivity index (χ1n) is 10.5. The van der Waals surface area contributed by atoms with Gasteiger partial charge in [-0.1, -0.05) is 26.0 Å². The minimum atomic E-state index is -4.46. The first kappa shape index (κ1) is 30.5. The van der Waals surface area contributed by atoms with Crippen LogP contribution in [0.4, 0.5) is 13.2 Å². The standard InChI is InChI=1S/C21H23F3N4O4.BH3O3/c1-13(2)11-17(20(31)32)28(19(30)16-12-25-9-10-26-16)27-18(29)8-5-14-3-6-15(7-4-14)21(22,23)24;2-1(3)4/h3-4,6-7,9-10,12-13,17H,5,8,11H2,1-2H3,(H,27,29)(H,31,32);2-4H/t17-;/m0./s1. The molecule has 2 amide bonds. The number of aryl methyl sites for hydroxylation is 1. The van der Waals surface area contributed by atoms with Crippen molar-refractivity contribution in [3.63, 3.8) is 0 Å². The highest BCUT2D eigenvalue weighted by Crippen LogP contribution is 2.29. The van der Waals surface area contributed by atoms with E-state index < -0.39 is 42.9 Å². The Labute approximate surface area is 204 Å². The molecule has 0 radical (unpaired) electrons. The van der Waals surface area contributed by atoms with Crippen LogP contribution in [0.1, 0.15) is 48.3 Å². The van der Waals surface area contributed by atoms with Gasteiger partial charge in [-0.25, -0.2) is 14.8 Å². The second-order valence-corrected chi connectivity index (χ2v) is 7.83. The summed E-state index contributed by atoms with van der Waals surface area (Å²) < 4.78 is 38.0. The number of rotatable bonds is 8. The van der Waals surface area contributed by atoms with Gasteiger partial charge in [0.25, 0.3) is 5.91 Å². The van der Waals surface area contributed by atoms with Gasteiger partial charge in [0.1, 0.15) is 5.69 Å². The molecule has 196 valence electrons. The summed E-state index contributed by atoms with van der Waals surface area (Å²) in [7, 11) is -2.17. The monoisotopic (exact) mass is 514 g/mol. The van der Waals surface area contributed by atoms with Crippen LogP contribution in [0.15, 0.2) is 42.9 Å². The third-order valence-corrected chi connectivity index (χ3v) is 4.46. The number of hydrazine groups is 1. The zero-order valence-corrected chi connectivity index (χ0v) is 19.4. The van der Waals surface area contributed by atoms with E-state index in [9.17, 15) is 32.7 Å². The van der Waals surface area contributed by atoms with Crippen LogP contribution < -0.4 is 5.43 Å². The van der Waals surface area contributed by atoms with Gasteiger partial charge in [-0.3, -0.25) is 20.0 Å². The lowest BCUT2D eigenvalue weighted by Crippen LogP contribution is -2.55. The number of halogens is 3. The highest BCUT2D eigenvalue weighted by Gasteiger charge is 2.33. The van der Waals surface area contributed by atoms with Crippen molar-refractivity contribution >= 4 is 25.1 Å². The molecular formula is C21H26BF3N4O7. The third-order valence-electron chi connectivity index (χ3n) is 4.46. The maximum Gasteiger partial charge on any atom is 0.631 e. The van der Waals surface area contributed by atoms with E-state index in [2.05, 4.69) is 15.4 Å². The lowest BCUT2D eigenvalue weighted by atomic mass is 10.0. The molecule has 1 atom stereocenters. The largest absolute Gasteiger partial charge is 0.631 e. The van der Waals surface area contributed by atoms with Gasteiger partial charge in [0.05, 0.1) is 11.8 Å². The number of carbonyl (C=O) groups is 3. The molecule has 5 N–H and O–H groups in total. The minimum absolute atomic E-state index is 0.0700. The molecule has 0 bridgehead atoms. The summed E-state index contributed by atoms with van der Waals surface area (Å²) in [6.07, 6.45) is -0.719. The van der Waals surface area contributed by atoms with Crippen LogP contribution in [-0.2, 0) is 22.2 Å². The Morgan fingerprint density at radius 2 is 1.67 bits per heavy atom. The van der Waals surface area contributed by atoms with Crippen LogP contribution in [0.3, 0.4) is 0 Å². The summed E-state index contributed by atoms with van der Waals surface area (Å²) in [5.74, 6) is -2.91. The van der Waals surface area contributed by atoms with E-state index in [4.69, 9.17) is 15.1 Å². The van der Waals surface area contributed by atoms with Crippen LogP contribution in [0.25, 0.3) is 0 Å². The molecule has 0 saturated carbocycles. The van der Waals surface area contributed by atoms with Gasteiger partial charge in [0.2, 0.25) is 5.91 Å². The Bertz CT molecular complexity index is 991. The summed E-state index contributed by atoms with van der Waals surface area (Å²) in [6.45, 7) is 3.54. The number of carbonyl (C=O) groups excluding carboxylic acids is 2. The summed E-state index contributed by atoms with van der Waals surface area (Å²) >= 11 is 0. The molecular weight excluding hydrogens is 488 g/mol. The number of alkyl halides is 3. The van der Waals surface area contributed by atoms with Crippen molar-refractivity contribution in [1.82, 2.24) is 20.4 Å². The molecule has 11 nitrogen and oxygen atoms in total. The number of aliphatic carboxylic acids is 1. The lowest BCUT2D eigenvalue weighted by Gasteiger charge is -2.29. The van der Waals surface area contributed by atoms with Gasteiger partial charge >= 0.3 is 19.5 Å². The number of aromatic nitrogens is 2. The van der Waals surface area contributed by atoms with Crippen molar-refractivity contribution in [2.75, 3.05) is 0 Å². The van der Waals surface area contributed by atoms with Gasteiger partial charge in [-0.2, -0.15) is 13.2 Å². The maximum atomic E-state index is 12.9. The second kappa shape index (κ2) is 14.1. The number of nitrogens with zero attached hydrogens (tertiary/aromatic N) is 3. The number of hydrogen-bond donors (Lipinski definition) is 5. The average Bonchev–Trinajstić information content (AvgIpc) is 2.79. The molecule has 2 aromatic rings. The van der Waals surface area contributed by atoms with Gasteiger partial charge in [0.15, 0.2) is 6.04 Å². The number of carboxylic acid groups (broad SMARTS) is 1. The van der Waals surface area contributed by atoms with Crippen molar-refractivity contribution in [3.05, 3.63) is 59.7 Å². The zero-order chi connectivity index (χ0) is 27.5. The Morgan fingerprint density at radius 3 is 2.11 bits per heavy atom. The van der Waals surface area contributed by atoms with E-state index in [1.165, 1.54) is 24.5 Å². The molecule has 1 heterocycles. The predicted molar refractivity (Wildman–Crippen MR) is 119 cm³/mol. The second-order valence-electron chi connectivity index (χ2n) is 7.83. The average molecular weight is 514 g/mol. The first-order chi connectivity index (χ1) is 16.7. The fourth-order valence-corrected chi connectivity index (χ4v) is 2.87. The highest BCUT2D eigenvalue weighted by atomic mass is 19.4. The molecule has 0 aliphatic carbocycles. The van der Waals surface area contributed by atoms with Crippen LogP contribution in [0, 0.1) is 5.92 Å². The number of hydrogen-bond acceptors (Lipinski definition) is 8. The molecule has 1 aromatic carbocycles. The van der Waals surface area contributed by atoms with Crippen LogP contribution in [0.2, 0.25) is 0 Å². The molecule has 0 saturated heterocycles. The van der Waals surface area contributed by atoms with E-state index in [1.54, 1.807) is 13.8 Å². The van der Waals surface area contributed by atoms with Crippen LogP contribution >= 0.6 is 0 Å². The SMILES string of the molecule is CC(C)C[C@@H](C(=O)O)N(NC(=O)CCc1ccc(C(F)(F)F)cc1)C(=O)c1cnccn1.OB(O)O. The molecule has 15 heteroatoms. The summed E-state index contributed by atoms with van der Waals surface area (Å²) in [6, 6.07) is 3.01. The third kappa shape index (κ3) is 10.8. The van der Waals surface area contributed by atoms with Gasteiger partial charge < -0.3 is 20.2 Å². The van der Waals surface area contributed by atoms with Crippen molar-refractivity contribution in [2.45, 2.75) is 45.3 Å². The summed E-state index contributed by atoms with van der Waals surface area (Å²) in [5.41, 5.74) is 1.86. The molecule has 0 aliphatic rings. The van der Waals surface area contributed by atoms with E-state index in [-0.39, 0.29) is 30.9 Å². The Balaban J connectivity index is 0.00000150. The van der Waals surface area contributed by atoms with E-state index in [1.807, 2.05) is 0 Å². The molecule has 36 heavy (non-hydrogen) atoms. The van der Waals surface area contributed by atoms with Gasteiger partial charge in [-0.05, 0) is 36.5 Å². The van der Waals surface area contributed by atoms with Crippen LogP contribution in [-0.4, -0.2) is 66.3 Å². The Hall–Kier alpha value is -3.56. The molecule has 0 aliphatic heterocycles. The molecule has 1 aromatic heterocycles. The van der Waals surface area contributed by atoms with Crippen molar-refractivity contribution < 1.29 is 47.7 Å². The number of benzene rings is 1. The van der Waals surface area contributed by atoms with Crippen molar-refractivity contribution in [1.29, 1.82) is 0 Å². The normalized spacial score (nSPS) is 11.7. The van der Waals surface area contributed by atoms with Crippen LogP contribution in [0.5, 0.6) is 0 Å². The van der Waals surface area contributed by atoms with E-state index in [0.29, 0.717) is 5.56 Å². The van der Waals surface area contributed by atoms with Crippen molar-refractivity contribution in [2.24, 2.45) is 5.92 Å². The zero-order valence-electron chi connectivity index (χ0n) is 19.4. The minimum Gasteiger partial charge on any atom is -0.480 e. The first-order valence-corrected chi connectivity index (χ1v) is 10.5. The lowest BCUT2D eigenvalue weighted by molar-refractivity contribution is -0.145. The van der Waals surface area contributed by atoms with Crippen molar-refractivity contribution in [3.8, 4) is 0 Å². The quantitative estimate of drug-likeness (QED) is 0.255. The molecule has 0 unspecified atom stereocenters. The fourth-order valence-electron chi connectivity index (χ4n) is 2.87. The summed E-state index contributed by atoms with van der Waals surface area (Å²) in [5, 5.41) is 31.9. The highest BCUT2D eigenvalue weighted by molar-refractivity contribution is 6.30. The maximum absolute atomic E-state index is 12.9. The number of carboxylic acids is 1. The van der Waals surface area contributed by atoms with Gasteiger partial charge in [0, 0.05) is 18.8 Å². The van der Waals surface area contributed by atoms with E-state index >= 15 is 0 Å². The molecule has 0 fully saturated rings. The van der Waals surface area contributed by atoms with E-state index in [0.717, 1.165) is 23.3 Å². The Morgan fingerprint density at radius 1 is 1.08 bits per heavy atom. The summed E-state index contributed by atoms with van der Waals surface area (Å²) in [4.78, 5) is 44.8. The fraction of sp³-hybridized carbons (Fsp3) is 0.381. The number of nitrogens with one attached hydrogen (secondary N) is 1.